The number of aliphatic hydroxyl groups is 1. The second-order valence-electron chi connectivity index (χ2n) is 6.75. The molecule has 0 spiro atoms. The molecule has 6 heteroatoms. The molecule has 0 saturated heterocycles. The Bertz CT molecular complexity index is 731. The van der Waals surface area contributed by atoms with E-state index in [1.165, 1.54) is 12.1 Å². The van der Waals surface area contributed by atoms with Gasteiger partial charge in [0, 0.05) is 0 Å². The third-order valence-electron chi connectivity index (χ3n) is 4.08. The van der Waals surface area contributed by atoms with E-state index in [2.05, 4.69) is 0 Å². The molecule has 0 aliphatic carbocycles. The second-order valence-corrected chi connectivity index (χ2v) is 6.75. The molecule has 2 aromatic carbocycles. The second kappa shape index (κ2) is 6.59. The number of hydrogen-bond donors (Lipinski definition) is 1. The smallest absolute Gasteiger partial charge is 0.416 e. The SMILES string of the molecule is CC(C)(O)C(C)(C)Oc1ccccc1Oc1cccc(C(F)(F)F)c1. The Kier molecular flexibility index (Phi) is 5.04. The highest BCUT2D eigenvalue weighted by Gasteiger charge is 2.38. The molecule has 0 heterocycles. The van der Waals surface area contributed by atoms with E-state index in [4.69, 9.17) is 9.47 Å². The molecule has 136 valence electrons. The molecule has 0 unspecified atom stereocenters. The number of alkyl halides is 3. The van der Waals surface area contributed by atoms with Gasteiger partial charge in [0.05, 0.1) is 11.2 Å². The molecule has 0 aromatic heterocycles. The summed E-state index contributed by atoms with van der Waals surface area (Å²) in [7, 11) is 0. The van der Waals surface area contributed by atoms with E-state index in [1.807, 2.05) is 0 Å². The first-order valence-electron chi connectivity index (χ1n) is 7.76. The first kappa shape index (κ1) is 19.1. The van der Waals surface area contributed by atoms with Gasteiger partial charge in [0.25, 0.3) is 0 Å². The van der Waals surface area contributed by atoms with Gasteiger partial charge in [-0.2, -0.15) is 13.2 Å². The first-order valence-corrected chi connectivity index (χ1v) is 7.76. The van der Waals surface area contributed by atoms with Crippen LogP contribution in [0, 0.1) is 0 Å². The van der Waals surface area contributed by atoms with Crippen molar-refractivity contribution in [2.45, 2.75) is 45.1 Å². The summed E-state index contributed by atoms with van der Waals surface area (Å²) in [6.45, 7) is 6.66. The van der Waals surface area contributed by atoms with Crippen LogP contribution >= 0.6 is 0 Å². The highest BCUT2D eigenvalue weighted by atomic mass is 19.4. The lowest BCUT2D eigenvalue weighted by Crippen LogP contribution is -2.49. The van der Waals surface area contributed by atoms with Crippen LogP contribution < -0.4 is 9.47 Å². The fourth-order valence-electron chi connectivity index (χ4n) is 1.88. The molecule has 0 bridgehead atoms. The molecule has 0 atom stereocenters. The largest absolute Gasteiger partial charge is 0.481 e. The Morgan fingerprint density at radius 1 is 0.840 bits per heavy atom. The van der Waals surface area contributed by atoms with Crippen LogP contribution in [0.5, 0.6) is 17.2 Å². The summed E-state index contributed by atoms with van der Waals surface area (Å²) in [6, 6.07) is 11.3. The molecule has 0 aliphatic rings. The van der Waals surface area contributed by atoms with Gasteiger partial charge in [0.15, 0.2) is 11.5 Å². The van der Waals surface area contributed by atoms with Crippen LogP contribution in [0.4, 0.5) is 13.2 Å². The van der Waals surface area contributed by atoms with Crippen LogP contribution in [-0.2, 0) is 6.18 Å². The average molecular weight is 354 g/mol. The molecule has 0 aliphatic heterocycles. The Labute approximate surface area is 145 Å². The number of hydrogen-bond acceptors (Lipinski definition) is 3. The van der Waals surface area contributed by atoms with Crippen LogP contribution in [0.1, 0.15) is 33.3 Å². The first-order chi connectivity index (χ1) is 11.4. The lowest BCUT2D eigenvalue weighted by Gasteiger charge is -2.37. The maximum atomic E-state index is 12.8. The van der Waals surface area contributed by atoms with Crippen molar-refractivity contribution in [1.29, 1.82) is 0 Å². The van der Waals surface area contributed by atoms with Gasteiger partial charge in [-0.25, -0.2) is 0 Å². The van der Waals surface area contributed by atoms with Gasteiger partial charge in [0.2, 0.25) is 0 Å². The molecule has 2 aromatic rings. The summed E-state index contributed by atoms with van der Waals surface area (Å²) < 4.78 is 50.0. The Balaban J connectivity index is 2.31. The molecule has 2 rings (SSSR count). The fourth-order valence-corrected chi connectivity index (χ4v) is 1.88. The molecular formula is C19H21F3O3. The zero-order valence-corrected chi connectivity index (χ0v) is 14.5. The lowest BCUT2D eigenvalue weighted by molar-refractivity contribution is -0.137. The average Bonchev–Trinajstić information content (AvgIpc) is 2.47. The van der Waals surface area contributed by atoms with Crippen molar-refractivity contribution >= 4 is 0 Å². The van der Waals surface area contributed by atoms with Gasteiger partial charge in [-0.05, 0) is 58.0 Å². The van der Waals surface area contributed by atoms with Crippen molar-refractivity contribution in [2.24, 2.45) is 0 Å². The standard InChI is InChI=1S/C19H21F3O3/c1-17(2,23)18(3,4)25-16-11-6-5-10-15(16)24-14-9-7-8-13(12-14)19(20,21)22/h5-12,23H,1-4H3. The molecular weight excluding hydrogens is 333 g/mol. The van der Waals surface area contributed by atoms with Crippen molar-refractivity contribution in [2.75, 3.05) is 0 Å². The minimum absolute atomic E-state index is 0.0481. The summed E-state index contributed by atoms with van der Waals surface area (Å²) in [5, 5.41) is 10.2. The number of rotatable bonds is 5. The third-order valence-corrected chi connectivity index (χ3v) is 4.08. The van der Waals surface area contributed by atoms with E-state index in [9.17, 15) is 18.3 Å². The van der Waals surface area contributed by atoms with E-state index in [1.54, 1.807) is 52.0 Å². The topological polar surface area (TPSA) is 38.7 Å². The van der Waals surface area contributed by atoms with E-state index < -0.39 is 22.9 Å². The summed E-state index contributed by atoms with van der Waals surface area (Å²) in [4.78, 5) is 0. The molecule has 1 N–H and O–H groups in total. The van der Waals surface area contributed by atoms with E-state index in [0.29, 0.717) is 5.75 Å². The maximum Gasteiger partial charge on any atom is 0.416 e. The fraction of sp³-hybridized carbons (Fsp3) is 0.368. The van der Waals surface area contributed by atoms with Crippen molar-refractivity contribution in [3.05, 3.63) is 54.1 Å². The monoisotopic (exact) mass is 354 g/mol. The highest BCUT2D eigenvalue weighted by molar-refractivity contribution is 5.44. The quantitative estimate of drug-likeness (QED) is 0.778. The number of para-hydroxylation sites is 2. The molecule has 0 saturated carbocycles. The van der Waals surface area contributed by atoms with Crippen LogP contribution in [0.25, 0.3) is 0 Å². The Hall–Kier alpha value is -2.21. The number of benzene rings is 2. The van der Waals surface area contributed by atoms with E-state index in [0.717, 1.165) is 12.1 Å². The van der Waals surface area contributed by atoms with Crippen LogP contribution in [0.3, 0.4) is 0 Å². The number of halogens is 3. The van der Waals surface area contributed by atoms with Gasteiger partial charge in [-0.3, -0.25) is 0 Å². The summed E-state index contributed by atoms with van der Waals surface area (Å²) >= 11 is 0. The summed E-state index contributed by atoms with van der Waals surface area (Å²) in [5.41, 5.74) is -2.88. The van der Waals surface area contributed by atoms with Crippen LogP contribution in [0.15, 0.2) is 48.5 Å². The zero-order valence-electron chi connectivity index (χ0n) is 14.5. The van der Waals surface area contributed by atoms with Crippen LogP contribution in [-0.4, -0.2) is 16.3 Å². The summed E-state index contributed by atoms with van der Waals surface area (Å²) in [6.07, 6.45) is -4.45. The Morgan fingerprint density at radius 2 is 1.44 bits per heavy atom. The Morgan fingerprint density at radius 3 is 2.00 bits per heavy atom. The van der Waals surface area contributed by atoms with E-state index >= 15 is 0 Å². The highest BCUT2D eigenvalue weighted by Crippen LogP contribution is 2.38. The predicted octanol–water partition coefficient (Wildman–Crippen LogP) is 5.43. The van der Waals surface area contributed by atoms with E-state index in [-0.39, 0.29) is 11.5 Å². The summed E-state index contributed by atoms with van der Waals surface area (Å²) in [5.74, 6) is 0.637. The predicted molar refractivity (Wildman–Crippen MR) is 89.0 cm³/mol. The minimum atomic E-state index is -4.45. The van der Waals surface area contributed by atoms with Crippen LogP contribution in [0.2, 0.25) is 0 Å². The zero-order chi connectivity index (χ0) is 18.9. The van der Waals surface area contributed by atoms with Gasteiger partial charge in [-0.1, -0.05) is 18.2 Å². The van der Waals surface area contributed by atoms with Crippen molar-refractivity contribution in [3.63, 3.8) is 0 Å². The van der Waals surface area contributed by atoms with Gasteiger partial charge < -0.3 is 14.6 Å². The molecule has 0 fully saturated rings. The van der Waals surface area contributed by atoms with Gasteiger partial charge in [0.1, 0.15) is 11.4 Å². The maximum absolute atomic E-state index is 12.8. The van der Waals surface area contributed by atoms with Gasteiger partial charge in [-0.15, -0.1) is 0 Å². The van der Waals surface area contributed by atoms with Gasteiger partial charge >= 0.3 is 6.18 Å². The molecule has 25 heavy (non-hydrogen) atoms. The lowest BCUT2D eigenvalue weighted by atomic mass is 9.89. The third kappa shape index (κ3) is 4.66. The molecule has 3 nitrogen and oxygen atoms in total. The number of ether oxygens (including phenoxy) is 2. The van der Waals surface area contributed by atoms with Crippen molar-refractivity contribution in [1.82, 2.24) is 0 Å². The minimum Gasteiger partial charge on any atom is -0.481 e. The van der Waals surface area contributed by atoms with Crippen molar-refractivity contribution < 1.29 is 27.8 Å². The van der Waals surface area contributed by atoms with Crippen molar-refractivity contribution in [3.8, 4) is 17.2 Å². The normalized spacial score (nSPS) is 12.8. The molecule has 0 radical (unpaired) electrons. The molecule has 0 amide bonds.